The predicted octanol–water partition coefficient (Wildman–Crippen LogP) is 6.10. The highest BCUT2D eigenvalue weighted by molar-refractivity contribution is 7.99. The molecule has 4 heteroatoms. The average molecular weight is 380 g/mol. The summed E-state index contributed by atoms with van der Waals surface area (Å²) in [6, 6.07) is 28.5. The van der Waals surface area contributed by atoms with E-state index in [4.69, 9.17) is 0 Å². The third-order valence-corrected chi connectivity index (χ3v) is 5.83. The van der Waals surface area contributed by atoms with Crippen LogP contribution in [-0.4, -0.2) is 11.7 Å². The van der Waals surface area contributed by atoms with Gasteiger partial charge in [-0.1, -0.05) is 72.4 Å². The van der Waals surface area contributed by atoms with Crippen molar-refractivity contribution in [2.75, 3.05) is 11.1 Å². The Kier molecular flexibility index (Phi) is 7.23. The van der Waals surface area contributed by atoms with Crippen LogP contribution in [0, 0.1) is 0 Å². The fraction of sp³-hybridized carbons (Fsp3) is 0.136. The van der Waals surface area contributed by atoms with Crippen molar-refractivity contribution in [2.24, 2.45) is 0 Å². The molecule has 1 N–H and O–H groups in total. The number of nitrogens with one attached hydrogen (secondary N) is 1. The van der Waals surface area contributed by atoms with E-state index in [0.29, 0.717) is 6.42 Å². The Labute approximate surface area is 163 Å². The van der Waals surface area contributed by atoms with Crippen LogP contribution in [0.15, 0.2) is 94.7 Å². The Morgan fingerprint density at radius 3 is 2.23 bits per heavy atom. The number of benzene rings is 3. The Balaban J connectivity index is 1.49. The van der Waals surface area contributed by atoms with Crippen molar-refractivity contribution >= 4 is 35.1 Å². The molecule has 0 unspecified atom stereocenters. The van der Waals surface area contributed by atoms with E-state index in [1.54, 1.807) is 23.5 Å². The molecule has 0 aliphatic heterocycles. The minimum Gasteiger partial charge on any atom is -0.325 e. The minimum atomic E-state index is 0.0617. The Bertz CT molecular complexity index is 822. The molecular formula is C22H21NOS2. The van der Waals surface area contributed by atoms with Crippen molar-refractivity contribution < 1.29 is 4.79 Å². The van der Waals surface area contributed by atoms with Gasteiger partial charge in [-0.05, 0) is 29.8 Å². The number of hydrogen-bond acceptors (Lipinski definition) is 3. The van der Waals surface area contributed by atoms with Crippen LogP contribution in [0.5, 0.6) is 0 Å². The van der Waals surface area contributed by atoms with E-state index in [1.165, 1.54) is 5.56 Å². The molecule has 0 saturated carbocycles. The van der Waals surface area contributed by atoms with Crippen LogP contribution >= 0.6 is 23.5 Å². The lowest BCUT2D eigenvalue weighted by Crippen LogP contribution is -2.12. The third kappa shape index (κ3) is 5.97. The number of anilines is 1. The second kappa shape index (κ2) is 10.1. The fourth-order valence-corrected chi connectivity index (χ4v) is 4.24. The van der Waals surface area contributed by atoms with E-state index in [2.05, 4.69) is 29.6 Å². The molecule has 0 radical (unpaired) electrons. The molecule has 0 aliphatic carbocycles. The van der Waals surface area contributed by atoms with E-state index in [0.717, 1.165) is 27.0 Å². The van der Waals surface area contributed by atoms with Gasteiger partial charge < -0.3 is 5.32 Å². The smallest absolute Gasteiger partial charge is 0.225 e. The molecule has 0 saturated heterocycles. The normalized spacial score (nSPS) is 10.5. The highest BCUT2D eigenvalue weighted by Gasteiger charge is 2.08. The molecule has 26 heavy (non-hydrogen) atoms. The number of hydrogen-bond donors (Lipinski definition) is 1. The van der Waals surface area contributed by atoms with Gasteiger partial charge in [0.2, 0.25) is 5.91 Å². The summed E-state index contributed by atoms with van der Waals surface area (Å²) in [5, 5.41) is 3.06. The average Bonchev–Trinajstić information content (AvgIpc) is 2.68. The summed E-state index contributed by atoms with van der Waals surface area (Å²) in [5.41, 5.74) is 2.17. The van der Waals surface area contributed by atoms with Crippen LogP contribution in [0.4, 0.5) is 5.69 Å². The van der Waals surface area contributed by atoms with Gasteiger partial charge in [0.15, 0.2) is 0 Å². The summed E-state index contributed by atoms with van der Waals surface area (Å²) in [7, 11) is 0. The summed E-state index contributed by atoms with van der Waals surface area (Å²) in [4.78, 5) is 14.5. The van der Waals surface area contributed by atoms with Gasteiger partial charge in [-0.3, -0.25) is 4.79 Å². The largest absolute Gasteiger partial charge is 0.325 e. The maximum atomic E-state index is 12.3. The van der Waals surface area contributed by atoms with Crippen molar-refractivity contribution in [2.45, 2.75) is 22.0 Å². The van der Waals surface area contributed by atoms with Gasteiger partial charge in [0.1, 0.15) is 0 Å². The first-order valence-corrected chi connectivity index (χ1v) is 10.5. The highest BCUT2D eigenvalue weighted by atomic mass is 32.2. The molecule has 1 amide bonds. The molecule has 0 fully saturated rings. The van der Waals surface area contributed by atoms with Crippen LogP contribution in [-0.2, 0) is 10.5 Å². The van der Waals surface area contributed by atoms with Crippen molar-refractivity contribution in [3.8, 4) is 0 Å². The molecule has 3 aromatic rings. The molecule has 0 atom stereocenters. The zero-order valence-electron chi connectivity index (χ0n) is 14.4. The molecular weight excluding hydrogens is 358 g/mol. The number of rotatable bonds is 8. The molecule has 0 spiro atoms. The van der Waals surface area contributed by atoms with Crippen LogP contribution in [0.25, 0.3) is 0 Å². The summed E-state index contributed by atoms with van der Waals surface area (Å²) >= 11 is 3.45. The van der Waals surface area contributed by atoms with E-state index in [-0.39, 0.29) is 5.91 Å². The first kappa shape index (κ1) is 18.6. The van der Waals surface area contributed by atoms with Crippen molar-refractivity contribution in [3.63, 3.8) is 0 Å². The second-order valence-electron chi connectivity index (χ2n) is 5.75. The zero-order chi connectivity index (χ0) is 18.0. The lowest BCUT2D eigenvalue weighted by Gasteiger charge is -2.11. The van der Waals surface area contributed by atoms with E-state index in [9.17, 15) is 4.79 Å². The van der Waals surface area contributed by atoms with Crippen molar-refractivity contribution in [1.29, 1.82) is 0 Å². The number of amides is 1. The zero-order valence-corrected chi connectivity index (χ0v) is 16.1. The summed E-state index contributed by atoms with van der Waals surface area (Å²) < 4.78 is 0. The summed E-state index contributed by atoms with van der Waals surface area (Å²) in [6.07, 6.45) is 0.516. The predicted molar refractivity (Wildman–Crippen MR) is 113 cm³/mol. The first-order chi connectivity index (χ1) is 12.8. The van der Waals surface area contributed by atoms with Gasteiger partial charge >= 0.3 is 0 Å². The SMILES string of the molecule is O=C(CCSCc1ccccc1)Nc1ccccc1Sc1ccccc1. The second-order valence-corrected chi connectivity index (χ2v) is 7.97. The van der Waals surface area contributed by atoms with Gasteiger partial charge in [-0.25, -0.2) is 0 Å². The lowest BCUT2D eigenvalue weighted by atomic mass is 10.2. The maximum absolute atomic E-state index is 12.3. The molecule has 3 aromatic carbocycles. The summed E-state index contributed by atoms with van der Waals surface area (Å²) in [6.45, 7) is 0. The lowest BCUT2D eigenvalue weighted by molar-refractivity contribution is -0.115. The molecule has 0 aliphatic rings. The topological polar surface area (TPSA) is 29.1 Å². The number of thioether (sulfide) groups is 1. The minimum absolute atomic E-state index is 0.0617. The van der Waals surface area contributed by atoms with Crippen LogP contribution in [0.3, 0.4) is 0 Å². The van der Waals surface area contributed by atoms with E-state index < -0.39 is 0 Å². The van der Waals surface area contributed by atoms with Gasteiger partial charge in [-0.2, -0.15) is 11.8 Å². The number of carbonyl (C=O) groups is 1. The third-order valence-electron chi connectivity index (χ3n) is 3.72. The maximum Gasteiger partial charge on any atom is 0.225 e. The van der Waals surface area contributed by atoms with Crippen LogP contribution in [0.2, 0.25) is 0 Å². The van der Waals surface area contributed by atoms with Gasteiger partial charge in [0, 0.05) is 27.7 Å². The Hall–Kier alpha value is -2.17. The molecule has 0 bridgehead atoms. The molecule has 3 rings (SSSR count). The van der Waals surface area contributed by atoms with Gasteiger partial charge in [0.25, 0.3) is 0 Å². The Morgan fingerprint density at radius 1 is 0.808 bits per heavy atom. The quantitative estimate of drug-likeness (QED) is 0.480. The van der Waals surface area contributed by atoms with Crippen LogP contribution < -0.4 is 5.32 Å². The highest BCUT2D eigenvalue weighted by Crippen LogP contribution is 2.33. The van der Waals surface area contributed by atoms with Crippen molar-refractivity contribution in [3.05, 3.63) is 90.5 Å². The molecule has 132 valence electrons. The van der Waals surface area contributed by atoms with Crippen LogP contribution in [0.1, 0.15) is 12.0 Å². The standard InChI is InChI=1S/C22H21NOS2/c24-22(15-16-25-17-18-9-3-1-4-10-18)23-20-13-7-8-14-21(20)26-19-11-5-2-6-12-19/h1-14H,15-17H2,(H,23,24). The van der Waals surface area contributed by atoms with Gasteiger partial charge in [-0.15, -0.1) is 0 Å². The number of para-hydroxylation sites is 1. The van der Waals surface area contributed by atoms with E-state index >= 15 is 0 Å². The van der Waals surface area contributed by atoms with Crippen molar-refractivity contribution in [1.82, 2.24) is 0 Å². The molecule has 2 nitrogen and oxygen atoms in total. The molecule has 0 heterocycles. The van der Waals surface area contributed by atoms with Gasteiger partial charge in [0.05, 0.1) is 5.69 Å². The Morgan fingerprint density at radius 2 is 1.46 bits per heavy atom. The monoisotopic (exact) mass is 379 g/mol. The first-order valence-electron chi connectivity index (χ1n) is 8.55. The summed E-state index contributed by atoms with van der Waals surface area (Å²) in [5.74, 6) is 1.81. The number of carbonyl (C=O) groups excluding carboxylic acids is 1. The van der Waals surface area contributed by atoms with E-state index in [1.807, 2.05) is 60.7 Å². The fourth-order valence-electron chi connectivity index (χ4n) is 2.42. The molecule has 0 aromatic heterocycles.